The quantitative estimate of drug-likeness (QED) is 0.253. The van der Waals surface area contributed by atoms with Crippen molar-refractivity contribution in [3.05, 3.63) is 121 Å². The van der Waals surface area contributed by atoms with E-state index in [0.29, 0.717) is 0 Å². The molecule has 0 unspecified atom stereocenters. The van der Waals surface area contributed by atoms with E-state index in [1.165, 1.54) is 0 Å². The zero-order valence-electron chi connectivity index (χ0n) is 16.9. The minimum atomic E-state index is -5.34. The van der Waals surface area contributed by atoms with Gasteiger partial charge in [0.2, 0.25) is 0 Å². The van der Waals surface area contributed by atoms with Gasteiger partial charge in [-0.05, 0) is 0 Å². The van der Waals surface area contributed by atoms with E-state index in [2.05, 4.69) is 0 Å². The van der Waals surface area contributed by atoms with E-state index in [9.17, 15) is 4.79 Å². The average Bonchev–Trinajstić information content (AvgIpc) is 2.84. The molecule has 0 aromatic heterocycles. The summed E-state index contributed by atoms with van der Waals surface area (Å²) in [6.45, 7) is 0. The fourth-order valence-corrected chi connectivity index (χ4v) is 20.9. The molecule has 0 fully saturated rings. The Morgan fingerprint density at radius 1 is 0.531 bits per heavy atom. The molecule has 4 aromatic rings. The van der Waals surface area contributed by atoms with Gasteiger partial charge in [-0.15, -0.1) is 0 Å². The molecule has 0 radical (unpaired) electrons. The second-order valence-corrected chi connectivity index (χ2v) is 21.9. The Bertz CT molecular complexity index is 1030. The molecule has 32 heavy (non-hydrogen) atoms. The maximum absolute atomic E-state index is 13.4. The van der Waals surface area contributed by atoms with Crippen molar-refractivity contribution in [3.8, 4) is 0 Å². The van der Waals surface area contributed by atoms with E-state index in [4.69, 9.17) is 37.8 Å². The van der Waals surface area contributed by atoms with Crippen molar-refractivity contribution >= 4 is 72.6 Å². The maximum atomic E-state index is 13.4. The fraction of sp³-hybridized carbons (Fsp3) is 0.0385. The number of hydrogen-bond donors (Lipinski definition) is 0. The van der Waals surface area contributed by atoms with Crippen LogP contribution in [0.1, 0.15) is 0 Å². The standard InChI is InChI=1S/4C6H5.C2HCl3O2.Sb/c4*1-2-4-6-5-3-1;3-2(4,5)1(6)7;/h4*1-5H;(H,6,7);/q;;;;;+1/p-1. The molecule has 2 nitrogen and oxygen atoms in total. The molecule has 0 atom stereocenters. The number of hydrogen-bond acceptors (Lipinski definition) is 2. The Morgan fingerprint density at radius 2 is 0.781 bits per heavy atom. The van der Waals surface area contributed by atoms with Gasteiger partial charge in [0, 0.05) is 0 Å². The number of benzene rings is 4. The summed E-state index contributed by atoms with van der Waals surface area (Å²) in [5.41, 5.74) is 0. The van der Waals surface area contributed by atoms with Gasteiger partial charge >= 0.3 is 206 Å². The molecule has 0 saturated carbocycles. The van der Waals surface area contributed by atoms with E-state index in [1.807, 2.05) is 121 Å². The van der Waals surface area contributed by atoms with Crippen molar-refractivity contribution in [2.75, 3.05) is 0 Å². The van der Waals surface area contributed by atoms with E-state index in [0.717, 1.165) is 14.0 Å². The molecular formula is C26H20Cl3O2Sb. The van der Waals surface area contributed by atoms with Crippen molar-refractivity contribution in [1.82, 2.24) is 0 Å². The summed E-state index contributed by atoms with van der Waals surface area (Å²) < 4.78 is 8.05. The van der Waals surface area contributed by atoms with Crippen molar-refractivity contribution in [1.29, 1.82) is 0 Å². The summed E-state index contributed by atoms with van der Waals surface area (Å²) in [7, 11) is 0. The fourth-order valence-electron chi connectivity index (χ4n) is 4.17. The zero-order valence-corrected chi connectivity index (χ0v) is 21.8. The predicted octanol–water partition coefficient (Wildman–Crippen LogP) is 4.43. The van der Waals surface area contributed by atoms with Crippen LogP contribution in [0.4, 0.5) is 0 Å². The van der Waals surface area contributed by atoms with E-state index >= 15 is 0 Å². The van der Waals surface area contributed by atoms with Crippen LogP contribution in [-0.2, 0) is 7.81 Å². The Labute approximate surface area is 204 Å². The summed E-state index contributed by atoms with van der Waals surface area (Å²) in [5.74, 6) is -0.898. The number of rotatable bonds is 5. The normalized spacial score (nSPS) is 13.0. The van der Waals surface area contributed by atoms with Gasteiger partial charge in [-0.25, -0.2) is 0 Å². The molecule has 0 bridgehead atoms. The predicted molar refractivity (Wildman–Crippen MR) is 136 cm³/mol. The molecule has 0 N–H and O–H groups in total. The molecule has 0 aliphatic heterocycles. The Kier molecular flexibility index (Phi) is 6.61. The van der Waals surface area contributed by atoms with Gasteiger partial charge in [-0.2, -0.15) is 0 Å². The summed E-state index contributed by atoms with van der Waals surface area (Å²) in [6, 6.07) is 39.3. The second kappa shape index (κ2) is 9.12. The summed E-state index contributed by atoms with van der Waals surface area (Å²) in [4.78, 5) is 13.4. The molecule has 0 heterocycles. The Hall–Kier alpha value is -1.96. The van der Waals surface area contributed by atoms with Crippen LogP contribution in [0.2, 0.25) is 0 Å². The third kappa shape index (κ3) is 3.74. The van der Waals surface area contributed by atoms with E-state index in [1.54, 1.807) is 0 Å². The SMILES string of the molecule is O=C([O][Sb]([c]1ccccc1)([c]1ccccc1)([c]1ccccc1)[c]1ccccc1)C(Cl)(Cl)Cl. The second-order valence-electron chi connectivity index (χ2n) is 7.25. The first kappa shape index (κ1) is 23.2. The monoisotopic (exact) mass is 590 g/mol. The van der Waals surface area contributed by atoms with Crippen LogP contribution in [0.5, 0.6) is 0 Å². The van der Waals surface area contributed by atoms with Crippen LogP contribution in [0, 0.1) is 0 Å². The number of halogens is 3. The molecule has 0 aliphatic carbocycles. The Balaban J connectivity index is 2.28. The van der Waals surface area contributed by atoms with E-state index < -0.39 is 27.6 Å². The number of alkyl halides is 3. The van der Waals surface area contributed by atoms with Gasteiger partial charge in [0.15, 0.2) is 0 Å². The molecule has 0 saturated heterocycles. The first-order valence-electron chi connectivity index (χ1n) is 9.94. The summed E-state index contributed by atoms with van der Waals surface area (Å²) in [6.07, 6.45) is 0. The van der Waals surface area contributed by atoms with Crippen LogP contribution in [0.25, 0.3) is 0 Å². The average molecular weight is 593 g/mol. The van der Waals surface area contributed by atoms with Crippen molar-refractivity contribution < 1.29 is 7.81 Å². The molecular weight excluding hydrogens is 572 g/mol. The van der Waals surface area contributed by atoms with Crippen LogP contribution in [-0.4, -0.2) is 27.6 Å². The van der Waals surface area contributed by atoms with Crippen LogP contribution in [0.3, 0.4) is 0 Å². The summed E-state index contributed by atoms with van der Waals surface area (Å²) in [5, 5.41) is 0. The third-order valence-electron chi connectivity index (χ3n) is 5.49. The van der Waals surface area contributed by atoms with Gasteiger partial charge in [0.1, 0.15) is 0 Å². The topological polar surface area (TPSA) is 26.3 Å². The minimum absolute atomic E-state index is 0.895. The third-order valence-corrected chi connectivity index (χ3v) is 22.1. The summed E-state index contributed by atoms with van der Waals surface area (Å²) >= 11 is 12.9. The molecule has 0 spiro atoms. The number of carbonyl (C=O) groups is 1. The van der Waals surface area contributed by atoms with E-state index in [-0.39, 0.29) is 0 Å². The van der Waals surface area contributed by atoms with Crippen molar-refractivity contribution in [2.24, 2.45) is 0 Å². The van der Waals surface area contributed by atoms with Crippen molar-refractivity contribution in [3.63, 3.8) is 0 Å². The van der Waals surface area contributed by atoms with Crippen molar-refractivity contribution in [2.45, 2.75) is 3.79 Å². The van der Waals surface area contributed by atoms with Crippen LogP contribution in [0.15, 0.2) is 121 Å². The van der Waals surface area contributed by atoms with Gasteiger partial charge in [-0.1, -0.05) is 0 Å². The molecule has 4 aromatic carbocycles. The molecule has 4 rings (SSSR count). The number of carbonyl (C=O) groups excluding carboxylic acids is 1. The van der Waals surface area contributed by atoms with Gasteiger partial charge in [0.25, 0.3) is 0 Å². The van der Waals surface area contributed by atoms with Gasteiger partial charge < -0.3 is 0 Å². The van der Waals surface area contributed by atoms with Crippen LogP contribution < -0.4 is 14.0 Å². The molecule has 0 amide bonds. The van der Waals surface area contributed by atoms with Gasteiger partial charge in [-0.3, -0.25) is 0 Å². The first-order valence-corrected chi connectivity index (χ1v) is 17.2. The molecule has 0 aliphatic rings. The first-order chi connectivity index (χ1) is 15.4. The van der Waals surface area contributed by atoms with Crippen LogP contribution >= 0.6 is 34.8 Å². The van der Waals surface area contributed by atoms with Gasteiger partial charge in [0.05, 0.1) is 0 Å². The zero-order chi connectivity index (χ0) is 22.7. The molecule has 6 heteroatoms. The molecule has 162 valence electrons. The Morgan fingerprint density at radius 3 is 1.00 bits per heavy atom.